The lowest BCUT2D eigenvalue weighted by Gasteiger charge is -2.28. The first-order valence-corrected chi connectivity index (χ1v) is 17.2. The molecule has 3 N–H and O–H groups in total. The highest BCUT2D eigenvalue weighted by molar-refractivity contribution is 6.13. The van der Waals surface area contributed by atoms with E-state index in [-0.39, 0.29) is 5.75 Å². The Bertz CT molecular complexity index is 2700. The van der Waals surface area contributed by atoms with Crippen molar-refractivity contribution in [1.29, 1.82) is 0 Å². The molecule has 9 rings (SSSR count). The Labute approximate surface area is 297 Å². The fourth-order valence-electron chi connectivity index (χ4n) is 7.35. The van der Waals surface area contributed by atoms with E-state index in [2.05, 4.69) is 169 Å². The maximum atomic E-state index is 10.5. The van der Waals surface area contributed by atoms with Gasteiger partial charge in [0, 0.05) is 22.3 Å². The number of hydrogen-bond acceptors (Lipinski definition) is 3. The van der Waals surface area contributed by atoms with Gasteiger partial charge in [0.15, 0.2) is 0 Å². The summed E-state index contributed by atoms with van der Waals surface area (Å²) >= 11 is 0. The van der Waals surface area contributed by atoms with Gasteiger partial charge in [0.25, 0.3) is 0 Å². The number of hydrogen-bond donors (Lipinski definition) is 2. The monoisotopic (exact) mass is 654 g/mol. The van der Waals surface area contributed by atoms with E-state index in [4.69, 9.17) is 5.73 Å². The summed E-state index contributed by atoms with van der Waals surface area (Å²) in [5.74, 6) is 0.127. The molecule has 3 heteroatoms. The fourth-order valence-corrected chi connectivity index (χ4v) is 7.35. The van der Waals surface area contributed by atoms with E-state index in [9.17, 15) is 5.11 Å². The second-order valence-electron chi connectivity index (χ2n) is 12.9. The van der Waals surface area contributed by atoms with Crippen LogP contribution in [0.5, 0.6) is 5.75 Å². The van der Waals surface area contributed by atoms with Gasteiger partial charge in [-0.25, -0.2) is 0 Å². The third-order valence-electron chi connectivity index (χ3n) is 9.92. The van der Waals surface area contributed by atoms with E-state index in [1.807, 2.05) is 18.2 Å². The summed E-state index contributed by atoms with van der Waals surface area (Å²) in [6.45, 7) is 0. The van der Waals surface area contributed by atoms with Crippen molar-refractivity contribution < 1.29 is 5.11 Å². The van der Waals surface area contributed by atoms with Crippen molar-refractivity contribution in [2.45, 2.75) is 0 Å². The molecule has 51 heavy (non-hydrogen) atoms. The van der Waals surface area contributed by atoms with E-state index in [1.54, 1.807) is 6.07 Å². The first kappa shape index (κ1) is 30.2. The number of nitrogen functional groups attached to an aromatic ring is 1. The zero-order valence-electron chi connectivity index (χ0n) is 27.9. The topological polar surface area (TPSA) is 49.5 Å². The van der Waals surface area contributed by atoms with Crippen molar-refractivity contribution in [3.63, 3.8) is 0 Å². The minimum absolute atomic E-state index is 0.127. The molecule has 0 atom stereocenters. The number of phenolic OH excluding ortho intramolecular Hbond substituents is 1. The zero-order valence-corrected chi connectivity index (χ0v) is 27.9. The highest BCUT2D eigenvalue weighted by Gasteiger charge is 2.18. The lowest BCUT2D eigenvalue weighted by Crippen LogP contribution is -2.11. The van der Waals surface area contributed by atoms with Crippen molar-refractivity contribution >= 4 is 55.1 Å². The van der Waals surface area contributed by atoms with Crippen LogP contribution in [0.2, 0.25) is 0 Å². The first-order chi connectivity index (χ1) is 25.1. The molecular formula is C48H34N2O. The SMILES string of the molecule is Nc1ccc2cc(-c3ccc(N(c4ccc(-c5cc6ccccc6c6ccccc56)cc4)c4ccccc4-c4ccccc4)cc3)ccc2c1O. The van der Waals surface area contributed by atoms with Crippen LogP contribution in [0, 0.1) is 0 Å². The number of para-hydroxylation sites is 1. The van der Waals surface area contributed by atoms with Gasteiger partial charge in [0.2, 0.25) is 0 Å². The molecule has 0 aliphatic heterocycles. The van der Waals surface area contributed by atoms with Crippen LogP contribution in [-0.4, -0.2) is 5.11 Å². The molecule has 9 aromatic carbocycles. The molecule has 242 valence electrons. The van der Waals surface area contributed by atoms with Crippen molar-refractivity contribution in [3.05, 3.63) is 188 Å². The van der Waals surface area contributed by atoms with Gasteiger partial charge in [-0.1, -0.05) is 133 Å². The molecule has 0 bridgehead atoms. The summed E-state index contributed by atoms with van der Waals surface area (Å²) in [6.07, 6.45) is 0. The number of phenols is 1. The maximum absolute atomic E-state index is 10.5. The van der Waals surface area contributed by atoms with Crippen LogP contribution in [0.4, 0.5) is 22.7 Å². The number of fused-ring (bicyclic) bond motifs is 4. The molecule has 3 nitrogen and oxygen atoms in total. The number of nitrogens with zero attached hydrogens (tertiary/aromatic N) is 1. The predicted molar refractivity (Wildman–Crippen MR) is 216 cm³/mol. The summed E-state index contributed by atoms with van der Waals surface area (Å²) in [5, 5.41) is 17.2. The normalized spacial score (nSPS) is 11.3. The molecule has 0 spiro atoms. The van der Waals surface area contributed by atoms with Crippen molar-refractivity contribution in [2.75, 3.05) is 10.6 Å². The molecule has 0 aliphatic rings. The summed E-state index contributed by atoms with van der Waals surface area (Å²) < 4.78 is 0. The number of aromatic hydroxyl groups is 1. The summed E-state index contributed by atoms with van der Waals surface area (Å²) in [6, 6.07) is 66.2. The van der Waals surface area contributed by atoms with Gasteiger partial charge in [0.1, 0.15) is 5.75 Å². The molecule has 0 unspecified atom stereocenters. The van der Waals surface area contributed by atoms with Gasteiger partial charge < -0.3 is 15.7 Å². The Morgan fingerprint density at radius 2 is 0.941 bits per heavy atom. The Morgan fingerprint density at radius 3 is 1.71 bits per heavy atom. The molecule has 0 saturated carbocycles. The molecule has 0 heterocycles. The van der Waals surface area contributed by atoms with Crippen LogP contribution in [0.15, 0.2) is 188 Å². The van der Waals surface area contributed by atoms with Crippen LogP contribution in [-0.2, 0) is 0 Å². The lowest BCUT2D eigenvalue weighted by molar-refractivity contribution is 0.484. The number of anilines is 4. The average molecular weight is 655 g/mol. The molecule has 0 aliphatic carbocycles. The average Bonchev–Trinajstić information content (AvgIpc) is 3.20. The minimum Gasteiger partial charge on any atom is -0.505 e. The van der Waals surface area contributed by atoms with Gasteiger partial charge in [-0.15, -0.1) is 0 Å². The molecule has 0 aromatic heterocycles. The van der Waals surface area contributed by atoms with E-state index < -0.39 is 0 Å². The van der Waals surface area contributed by atoms with Crippen LogP contribution in [0.3, 0.4) is 0 Å². The van der Waals surface area contributed by atoms with E-state index in [0.717, 1.165) is 50.1 Å². The Kier molecular flexibility index (Phi) is 7.44. The van der Waals surface area contributed by atoms with Crippen molar-refractivity contribution in [1.82, 2.24) is 0 Å². The van der Waals surface area contributed by atoms with Crippen LogP contribution in [0.1, 0.15) is 0 Å². The molecule has 0 saturated heterocycles. The van der Waals surface area contributed by atoms with Gasteiger partial charge in [-0.05, 0) is 109 Å². The lowest BCUT2D eigenvalue weighted by atomic mass is 9.93. The second-order valence-corrected chi connectivity index (χ2v) is 12.9. The second kappa shape index (κ2) is 12.6. The third-order valence-corrected chi connectivity index (χ3v) is 9.92. The Morgan fingerprint density at radius 1 is 0.373 bits per heavy atom. The molecule has 0 amide bonds. The quantitative estimate of drug-likeness (QED) is 0.107. The van der Waals surface area contributed by atoms with Crippen LogP contribution >= 0.6 is 0 Å². The van der Waals surface area contributed by atoms with E-state index in [1.165, 1.54) is 32.7 Å². The van der Waals surface area contributed by atoms with Gasteiger partial charge >= 0.3 is 0 Å². The Hall–Kier alpha value is -6.84. The largest absolute Gasteiger partial charge is 0.505 e. The smallest absolute Gasteiger partial charge is 0.146 e. The number of rotatable bonds is 6. The molecule has 9 aromatic rings. The summed E-state index contributed by atoms with van der Waals surface area (Å²) in [7, 11) is 0. The van der Waals surface area contributed by atoms with Crippen molar-refractivity contribution in [2.24, 2.45) is 0 Å². The standard InChI is InChI=1S/C48H34N2O/c49-46-29-23-37-30-35(22-28-42(37)48(46)51)32-18-24-38(25-19-32)50(47-17-9-8-14-41(47)33-10-2-1-3-11-33)39-26-20-34(21-27-39)45-31-36-12-4-5-13-40(36)43-15-6-7-16-44(43)45/h1-31,51H,49H2. The van der Waals surface area contributed by atoms with Crippen molar-refractivity contribution in [3.8, 4) is 39.1 Å². The molecule has 0 radical (unpaired) electrons. The summed E-state index contributed by atoms with van der Waals surface area (Å²) in [5.41, 5.74) is 16.4. The van der Waals surface area contributed by atoms with E-state index in [0.29, 0.717) is 5.69 Å². The van der Waals surface area contributed by atoms with Gasteiger partial charge in [0.05, 0.1) is 11.4 Å². The Balaban J connectivity index is 1.16. The zero-order chi connectivity index (χ0) is 34.3. The number of benzene rings is 9. The fraction of sp³-hybridized carbons (Fsp3) is 0. The molecular weight excluding hydrogens is 621 g/mol. The number of nitrogens with two attached hydrogens (primary N) is 1. The highest BCUT2D eigenvalue weighted by atomic mass is 16.3. The highest BCUT2D eigenvalue weighted by Crippen LogP contribution is 2.43. The maximum Gasteiger partial charge on any atom is 0.146 e. The van der Waals surface area contributed by atoms with Gasteiger partial charge in [-0.3, -0.25) is 0 Å². The van der Waals surface area contributed by atoms with Crippen LogP contribution in [0.25, 0.3) is 65.7 Å². The minimum atomic E-state index is 0.127. The third kappa shape index (κ3) is 5.42. The first-order valence-electron chi connectivity index (χ1n) is 17.2. The molecule has 0 fully saturated rings. The van der Waals surface area contributed by atoms with Crippen LogP contribution < -0.4 is 10.6 Å². The van der Waals surface area contributed by atoms with E-state index >= 15 is 0 Å². The summed E-state index contributed by atoms with van der Waals surface area (Å²) in [4.78, 5) is 2.34. The predicted octanol–water partition coefficient (Wildman–Crippen LogP) is 12.9. The van der Waals surface area contributed by atoms with Gasteiger partial charge in [-0.2, -0.15) is 0 Å².